The molecule has 122 valence electrons. The Morgan fingerprint density at radius 3 is 2.33 bits per heavy atom. The third-order valence-electron chi connectivity index (χ3n) is 4.83. The van der Waals surface area contributed by atoms with Crippen LogP contribution in [0.25, 0.3) is 0 Å². The molecule has 1 unspecified atom stereocenters. The first-order valence-electron chi connectivity index (χ1n) is 8.15. The highest BCUT2D eigenvalue weighted by Gasteiger charge is 2.35. The number of rotatable bonds is 10. The van der Waals surface area contributed by atoms with Crippen molar-refractivity contribution in [2.45, 2.75) is 77.5 Å². The second-order valence-corrected chi connectivity index (χ2v) is 5.66. The minimum Gasteiger partial charge on any atom is -0.377 e. The quantitative estimate of drug-likeness (QED) is 0.515. The van der Waals surface area contributed by atoms with E-state index in [1.54, 1.807) is 7.11 Å². The number of nitrogens with one attached hydrogen (secondary N) is 1. The Morgan fingerprint density at radius 2 is 1.90 bits per heavy atom. The Labute approximate surface area is 129 Å². The molecule has 1 aromatic rings. The lowest BCUT2D eigenvalue weighted by Gasteiger charge is -2.37. The van der Waals surface area contributed by atoms with Gasteiger partial charge in [0, 0.05) is 19.7 Å². The Morgan fingerprint density at radius 1 is 1.29 bits per heavy atom. The van der Waals surface area contributed by atoms with E-state index >= 15 is 0 Å². The maximum absolute atomic E-state index is 5.79. The Bertz CT molecular complexity index is 388. The molecule has 3 N–H and O–H groups in total. The molecule has 21 heavy (non-hydrogen) atoms. The number of nitrogens with zero attached hydrogens (tertiary/aromatic N) is 2. The lowest BCUT2D eigenvalue weighted by atomic mass is 9.86. The van der Waals surface area contributed by atoms with Crippen molar-refractivity contribution < 1.29 is 4.74 Å². The zero-order valence-corrected chi connectivity index (χ0v) is 14.2. The van der Waals surface area contributed by atoms with Gasteiger partial charge in [0.25, 0.3) is 0 Å². The zero-order valence-electron chi connectivity index (χ0n) is 14.2. The number of ether oxygens (including phenoxy) is 1. The van der Waals surface area contributed by atoms with Gasteiger partial charge in [0.05, 0.1) is 23.4 Å². The summed E-state index contributed by atoms with van der Waals surface area (Å²) in [5.74, 6) is 5.79. The van der Waals surface area contributed by atoms with Gasteiger partial charge in [-0.1, -0.05) is 27.7 Å². The van der Waals surface area contributed by atoms with Crippen LogP contribution in [0.4, 0.5) is 0 Å². The van der Waals surface area contributed by atoms with Crippen LogP contribution in [0, 0.1) is 0 Å². The van der Waals surface area contributed by atoms with Crippen LogP contribution in [0.5, 0.6) is 0 Å². The molecule has 0 radical (unpaired) electrons. The monoisotopic (exact) mass is 296 g/mol. The highest BCUT2D eigenvalue weighted by molar-refractivity contribution is 5.06. The molecule has 5 heteroatoms. The Balaban J connectivity index is 2.87. The van der Waals surface area contributed by atoms with Crippen LogP contribution in [0.1, 0.15) is 65.1 Å². The molecule has 0 saturated carbocycles. The minimum atomic E-state index is -0.243. The van der Waals surface area contributed by atoms with Crippen molar-refractivity contribution in [3.8, 4) is 0 Å². The molecule has 1 atom stereocenters. The smallest absolute Gasteiger partial charge is 0.0843 e. The van der Waals surface area contributed by atoms with Gasteiger partial charge in [0.15, 0.2) is 0 Å². The maximum atomic E-state index is 5.79. The zero-order chi connectivity index (χ0) is 15.9. The fourth-order valence-electron chi connectivity index (χ4n) is 3.13. The summed E-state index contributed by atoms with van der Waals surface area (Å²) in [5, 5.41) is 4.72. The van der Waals surface area contributed by atoms with Gasteiger partial charge >= 0.3 is 0 Å². The molecular formula is C16H32N4O. The van der Waals surface area contributed by atoms with Gasteiger partial charge < -0.3 is 4.74 Å². The summed E-state index contributed by atoms with van der Waals surface area (Å²) in [4.78, 5) is 0. The third kappa shape index (κ3) is 4.05. The maximum Gasteiger partial charge on any atom is 0.0843 e. The predicted molar refractivity (Wildman–Crippen MR) is 87.0 cm³/mol. The molecule has 0 aromatic carbocycles. The highest BCUT2D eigenvalue weighted by Crippen LogP contribution is 2.26. The van der Waals surface area contributed by atoms with Crippen molar-refractivity contribution in [3.63, 3.8) is 0 Å². The molecule has 0 saturated heterocycles. The standard InChI is InChI=1S/C16H32N4O/c1-6-14(7-2)20-11-10-13(19-20)12-15(18-17)16(8-3,9-4)21-5/h10-11,14-15,18H,6-9,12,17H2,1-5H3. The summed E-state index contributed by atoms with van der Waals surface area (Å²) in [5.41, 5.74) is 3.76. The van der Waals surface area contributed by atoms with Crippen molar-refractivity contribution in [1.82, 2.24) is 15.2 Å². The average molecular weight is 296 g/mol. The van der Waals surface area contributed by atoms with Gasteiger partial charge in [-0.3, -0.25) is 16.0 Å². The van der Waals surface area contributed by atoms with E-state index in [1.165, 1.54) is 0 Å². The van der Waals surface area contributed by atoms with Crippen LogP contribution in [0.15, 0.2) is 12.3 Å². The number of hydrogen-bond donors (Lipinski definition) is 2. The average Bonchev–Trinajstić information content (AvgIpc) is 2.98. The van der Waals surface area contributed by atoms with Crippen LogP contribution in [0.2, 0.25) is 0 Å². The van der Waals surface area contributed by atoms with E-state index in [2.05, 4.69) is 50.1 Å². The van der Waals surface area contributed by atoms with Crippen LogP contribution in [-0.4, -0.2) is 28.5 Å². The molecule has 0 aliphatic rings. The van der Waals surface area contributed by atoms with Gasteiger partial charge in [0.1, 0.15) is 0 Å². The topological polar surface area (TPSA) is 65.1 Å². The first kappa shape index (κ1) is 18.1. The SMILES string of the molecule is CCC(CC)n1ccc(CC(NN)C(CC)(CC)OC)n1. The molecule has 0 aliphatic carbocycles. The van der Waals surface area contributed by atoms with Gasteiger partial charge in [0.2, 0.25) is 0 Å². The first-order valence-corrected chi connectivity index (χ1v) is 8.15. The van der Waals surface area contributed by atoms with Crippen LogP contribution in [0.3, 0.4) is 0 Å². The molecular weight excluding hydrogens is 264 g/mol. The van der Waals surface area contributed by atoms with E-state index < -0.39 is 0 Å². The second-order valence-electron chi connectivity index (χ2n) is 5.66. The van der Waals surface area contributed by atoms with Crippen LogP contribution in [-0.2, 0) is 11.2 Å². The lowest BCUT2D eigenvalue weighted by molar-refractivity contribution is -0.0475. The molecule has 0 aliphatic heterocycles. The first-order chi connectivity index (χ1) is 10.1. The summed E-state index contributed by atoms with van der Waals surface area (Å²) >= 11 is 0. The van der Waals surface area contributed by atoms with E-state index in [-0.39, 0.29) is 11.6 Å². The summed E-state index contributed by atoms with van der Waals surface area (Å²) < 4.78 is 7.86. The van der Waals surface area contributed by atoms with Crippen LogP contribution >= 0.6 is 0 Å². The number of hydrogen-bond acceptors (Lipinski definition) is 4. The Hall–Kier alpha value is -0.910. The predicted octanol–water partition coefficient (Wildman–Crippen LogP) is 2.82. The molecule has 1 heterocycles. The van der Waals surface area contributed by atoms with E-state index in [9.17, 15) is 0 Å². The number of nitrogens with two attached hydrogens (primary N) is 1. The van der Waals surface area contributed by atoms with E-state index in [0.29, 0.717) is 6.04 Å². The van der Waals surface area contributed by atoms with Gasteiger partial charge in [-0.15, -0.1) is 0 Å². The number of aromatic nitrogens is 2. The van der Waals surface area contributed by atoms with E-state index in [4.69, 9.17) is 15.7 Å². The fraction of sp³-hybridized carbons (Fsp3) is 0.812. The summed E-state index contributed by atoms with van der Waals surface area (Å²) in [6, 6.07) is 2.63. The largest absolute Gasteiger partial charge is 0.377 e. The lowest BCUT2D eigenvalue weighted by Crippen LogP contribution is -2.55. The van der Waals surface area contributed by atoms with Crippen LogP contribution < -0.4 is 11.3 Å². The summed E-state index contributed by atoms with van der Waals surface area (Å²) in [6.45, 7) is 8.67. The normalized spacial score (nSPS) is 13.9. The second kappa shape index (κ2) is 8.51. The molecule has 0 fully saturated rings. The van der Waals surface area contributed by atoms with Crippen molar-refractivity contribution in [1.29, 1.82) is 0 Å². The third-order valence-corrected chi connectivity index (χ3v) is 4.83. The molecule has 5 nitrogen and oxygen atoms in total. The highest BCUT2D eigenvalue weighted by atomic mass is 16.5. The Kier molecular flexibility index (Phi) is 7.35. The van der Waals surface area contributed by atoms with Gasteiger partial charge in [-0.05, 0) is 31.7 Å². The van der Waals surface area contributed by atoms with Crippen molar-refractivity contribution >= 4 is 0 Å². The van der Waals surface area contributed by atoms with Gasteiger partial charge in [-0.2, -0.15) is 5.10 Å². The molecule has 0 spiro atoms. The molecule has 0 amide bonds. The fourth-order valence-corrected chi connectivity index (χ4v) is 3.13. The van der Waals surface area contributed by atoms with E-state index in [0.717, 1.165) is 37.8 Å². The summed E-state index contributed by atoms with van der Waals surface area (Å²) in [7, 11) is 1.76. The molecule has 1 rings (SSSR count). The number of hydrazine groups is 1. The van der Waals surface area contributed by atoms with Crippen molar-refractivity contribution in [2.75, 3.05) is 7.11 Å². The molecule has 0 bridgehead atoms. The number of methoxy groups -OCH3 is 1. The van der Waals surface area contributed by atoms with Crippen molar-refractivity contribution in [3.05, 3.63) is 18.0 Å². The minimum absolute atomic E-state index is 0.0579. The summed E-state index contributed by atoms with van der Waals surface area (Å²) in [6.07, 6.45) is 6.89. The molecule has 1 aromatic heterocycles. The van der Waals surface area contributed by atoms with Crippen molar-refractivity contribution in [2.24, 2.45) is 5.84 Å². The van der Waals surface area contributed by atoms with Gasteiger partial charge in [-0.25, -0.2) is 0 Å². The van der Waals surface area contributed by atoms with E-state index in [1.807, 2.05) is 0 Å².